The van der Waals surface area contributed by atoms with E-state index in [1.807, 2.05) is 13.0 Å². The van der Waals surface area contributed by atoms with Crippen molar-refractivity contribution >= 4 is 0 Å². The van der Waals surface area contributed by atoms with Gasteiger partial charge >= 0.3 is 6.36 Å². The van der Waals surface area contributed by atoms with Crippen LogP contribution in [0.4, 0.5) is 13.2 Å². The summed E-state index contributed by atoms with van der Waals surface area (Å²) in [4.78, 5) is 10.6. The van der Waals surface area contributed by atoms with Crippen molar-refractivity contribution in [1.82, 2.24) is 20.0 Å². The topological polar surface area (TPSA) is 73.5 Å². The van der Waals surface area contributed by atoms with Crippen LogP contribution in [0.3, 0.4) is 0 Å². The molecule has 3 heterocycles. The molecule has 1 saturated heterocycles. The van der Waals surface area contributed by atoms with Gasteiger partial charge in [0.25, 0.3) is 0 Å². The van der Waals surface area contributed by atoms with E-state index >= 15 is 0 Å². The van der Waals surface area contributed by atoms with Gasteiger partial charge in [0.2, 0.25) is 11.7 Å². The standard InChI is InChI=1S/C20H19F3N4O3/c1-13(19-25-18(26-30-19)15-5-3-7-24-11-15)27-8-9-28-17(12-27)14-4-2-6-16(10-14)29-20(21,22)23/h2-7,10-11,13,17H,8-9,12H2,1H3. The van der Waals surface area contributed by atoms with Gasteiger partial charge in [0.15, 0.2) is 0 Å². The summed E-state index contributed by atoms with van der Waals surface area (Å²) >= 11 is 0. The van der Waals surface area contributed by atoms with Crippen molar-refractivity contribution in [2.24, 2.45) is 0 Å². The monoisotopic (exact) mass is 420 g/mol. The summed E-state index contributed by atoms with van der Waals surface area (Å²) in [6.45, 7) is 3.44. The smallest absolute Gasteiger partial charge is 0.406 e. The third-order valence-electron chi connectivity index (χ3n) is 4.83. The minimum Gasteiger partial charge on any atom is -0.406 e. The van der Waals surface area contributed by atoms with E-state index in [0.717, 1.165) is 5.56 Å². The lowest BCUT2D eigenvalue weighted by Gasteiger charge is -2.35. The van der Waals surface area contributed by atoms with Crippen LogP contribution in [-0.2, 0) is 4.74 Å². The van der Waals surface area contributed by atoms with Crippen LogP contribution in [0.2, 0.25) is 0 Å². The van der Waals surface area contributed by atoms with E-state index in [9.17, 15) is 13.2 Å². The fourth-order valence-electron chi connectivity index (χ4n) is 3.31. The Bertz CT molecular complexity index is 981. The van der Waals surface area contributed by atoms with Gasteiger partial charge in [-0.15, -0.1) is 13.2 Å². The fourth-order valence-corrected chi connectivity index (χ4v) is 3.31. The Morgan fingerprint density at radius 1 is 1.23 bits per heavy atom. The molecule has 0 spiro atoms. The first-order valence-corrected chi connectivity index (χ1v) is 9.34. The number of morpholine rings is 1. The van der Waals surface area contributed by atoms with Crippen LogP contribution in [0.5, 0.6) is 5.75 Å². The molecular weight excluding hydrogens is 401 g/mol. The number of ether oxygens (including phenoxy) is 2. The van der Waals surface area contributed by atoms with Crippen molar-refractivity contribution in [3.8, 4) is 17.1 Å². The molecule has 30 heavy (non-hydrogen) atoms. The average Bonchev–Trinajstić information content (AvgIpc) is 3.23. The molecule has 2 atom stereocenters. The Kier molecular flexibility index (Phi) is 5.69. The zero-order valence-electron chi connectivity index (χ0n) is 16.0. The van der Waals surface area contributed by atoms with Crippen LogP contribution in [-0.4, -0.2) is 46.1 Å². The van der Waals surface area contributed by atoms with E-state index in [0.29, 0.717) is 37.0 Å². The van der Waals surface area contributed by atoms with Gasteiger partial charge in [0.05, 0.1) is 18.8 Å². The lowest BCUT2D eigenvalue weighted by Crippen LogP contribution is -2.40. The Morgan fingerprint density at radius 2 is 2.10 bits per heavy atom. The first-order valence-electron chi connectivity index (χ1n) is 9.34. The molecule has 0 saturated carbocycles. The second-order valence-electron chi connectivity index (χ2n) is 6.85. The summed E-state index contributed by atoms with van der Waals surface area (Å²) in [5, 5.41) is 4.02. The molecular formula is C20H19F3N4O3. The molecule has 1 aliphatic rings. The van der Waals surface area contributed by atoms with Gasteiger partial charge in [0.1, 0.15) is 5.75 Å². The number of rotatable bonds is 5. The van der Waals surface area contributed by atoms with Crippen molar-refractivity contribution in [3.63, 3.8) is 0 Å². The van der Waals surface area contributed by atoms with Crippen molar-refractivity contribution in [2.75, 3.05) is 19.7 Å². The molecule has 0 radical (unpaired) electrons. The average molecular weight is 420 g/mol. The zero-order chi connectivity index (χ0) is 21.1. The minimum atomic E-state index is -4.74. The van der Waals surface area contributed by atoms with Crippen LogP contribution in [0.1, 0.15) is 30.5 Å². The highest BCUT2D eigenvalue weighted by molar-refractivity contribution is 5.51. The molecule has 10 heteroatoms. The van der Waals surface area contributed by atoms with Crippen molar-refractivity contribution in [2.45, 2.75) is 25.4 Å². The van der Waals surface area contributed by atoms with E-state index in [4.69, 9.17) is 9.26 Å². The largest absolute Gasteiger partial charge is 0.573 e. The summed E-state index contributed by atoms with van der Waals surface area (Å²) in [7, 11) is 0. The van der Waals surface area contributed by atoms with Crippen molar-refractivity contribution in [1.29, 1.82) is 0 Å². The zero-order valence-corrected chi connectivity index (χ0v) is 16.0. The highest BCUT2D eigenvalue weighted by atomic mass is 19.4. The van der Waals surface area contributed by atoms with Gasteiger partial charge in [-0.3, -0.25) is 9.88 Å². The number of hydrogen-bond acceptors (Lipinski definition) is 7. The molecule has 2 aromatic heterocycles. The third kappa shape index (κ3) is 4.77. The Morgan fingerprint density at radius 3 is 2.87 bits per heavy atom. The molecule has 4 rings (SSSR count). The number of nitrogens with zero attached hydrogens (tertiary/aromatic N) is 4. The molecule has 2 unspecified atom stereocenters. The molecule has 0 N–H and O–H groups in total. The summed E-state index contributed by atoms with van der Waals surface area (Å²) < 4.78 is 52.8. The number of halogens is 3. The molecule has 158 valence electrons. The Balaban J connectivity index is 1.47. The summed E-state index contributed by atoms with van der Waals surface area (Å²) in [6, 6.07) is 9.28. The molecule has 0 aliphatic carbocycles. The van der Waals surface area contributed by atoms with Crippen LogP contribution < -0.4 is 4.74 Å². The first kappa shape index (κ1) is 20.3. The Hall–Kier alpha value is -2.98. The van der Waals surface area contributed by atoms with Crippen molar-refractivity contribution < 1.29 is 27.2 Å². The maximum absolute atomic E-state index is 12.5. The highest BCUT2D eigenvalue weighted by Crippen LogP contribution is 2.31. The van der Waals surface area contributed by atoms with Crippen LogP contribution in [0.25, 0.3) is 11.4 Å². The van der Waals surface area contributed by atoms with E-state index in [1.54, 1.807) is 24.5 Å². The summed E-state index contributed by atoms with van der Waals surface area (Å²) in [5.41, 5.74) is 1.36. The van der Waals surface area contributed by atoms with Crippen LogP contribution >= 0.6 is 0 Å². The third-order valence-corrected chi connectivity index (χ3v) is 4.83. The number of alkyl halides is 3. The van der Waals surface area contributed by atoms with Gasteiger partial charge in [-0.1, -0.05) is 17.3 Å². The van der Waals surface area contributed by atoms with E-state index in [-0.39, 0.29) is 11.8 Å². The van der Waals surface area contributed by atoms with E-state index < -0.39 is 12.5 Å². The number of pyridine rings is 1. The van der Waals surface area contributed by atoms with E-state index in [1.165, 1.54) is 18.2 Å². The van der Waals surface area contributed by atoms with Crippen molar-refractivity contribution in [3.05, 3.63) is 60.2 Å². The molecule has 3 aromatic rings. The molecule has 7 nitrogen and oxygen atoms in total. The molecule has 1 aromatic carbocycles. The predicted octanol–water partition coefficient (Wildman–Crippen LogP) is 4.16. The molecule has 0 bridgehead atoms. The quantitative estimate of drug-likeness (QED) is 0.614. The first-order chi connectivity index (χ1) is 14.4. The van der Waals surface area contributed by atoms with Gasteiger partial charge in [-0.05, 0) is 36.8 Å². The minimum absolute atomic E-state index is 0.191. The predicted molar refractivity (Wildman–Crippen MR) is 99.3 cm³/mol. The van der Waals surface area contributed by atoms with Gasteiger partial charge in [0, 0.05) is 31.0 Å². The Labute approximate surface area is 170 Å². The maximum Gasteiger partial charge on any atom is 0.573 e. The molecule has 0 amide bonds. The number of benzene rings is 1. The number of hydrogen-bond donors (Lipinski definition) is 0. The summed E-state index contributed by atoms with van der Waals surface area (Å²) in [6.07, 6.45) is -1.83. The number of aromatic nitrogens is 3. The molecule has 1 aliphatic heterocycles. The fraction of sp³-hybridized carbons (Fsp3) is 0.350. The lowest BCUT2D eigenvalue weighted by atomic mass is 10.1. The van der Waals surface area contributed by atoms with E-state index in [2.05, 4.69) is 24.8 Å². The maximum atomic E-state index is 12.5. The second kappa shape index (κ2) is 8.41. The lowest BCUT2D eigenvalue weighted by molar-refractivity contribution is -0.274. The summed E-state index contributed by atoms with van der Waals surface area (Å²) in [5.74, 6) is 0.627. The van der Waals surface area contributed by atoms with Gasteiger partial charge < -0.3 is 14.0 Å². The second-order valence-corrected chi connectivity index (χ2v) is 6.85. The highest BCUT2D eigenvalue weighted by Gasteiger charge is 2.32. The molecule has 1 fully saturated rings. The van der Waals surface area contributed by atoms with Gasteiger partial charge in [-0.25, -0.2) is 0 Å². The SMILES string of the molecule is CC(c1nc(-c2cccnc2)no1)N1CCOC(c2cccc(OC(F)(F)F)c2)C1. The normalized spacial score (nSPS) is 18.9. The van der Waals surface area contributed by atoms with Gasteiger partial charge in [-0.2, -0.15) is 4.98 Å². The van der Waals surface area contributed by atoms with Crippen LogP contribution in [0.15, 0.2) is 53.3 Å². The van der Waals surface area contributed by atoms with Crippen LogP contribution in [0, 0.1) is 0 Å².